The van der Waals surface area contributed by atoms with Gasteiger partial charge in [0.1, 0.15) is 0 Å². The molecular weight excluding hydrogens is 172 g/mol. The van der Waals surface area contributed by atoms with E-state index in [9.17, 15) is 0 Å². The summed E-state index contributed by atoms with van der Waals surface area (Å²) >= 11 is 0. The van der Waals surface area contributed by atoms with Crippen molar-refractivity contribution < 1.29 is 13.3 Å². The summed E-state index contributed by atoms with van der Waals surface area (Å²) in [5, 5.41) is 0. The van der Waals surface area contributed by atoms with Gasteiger partial charge in [0.25, 0.3) is 0 Å². The van der Waals surface area contributed by atoms with Crippen molar-refractivity contribution in [3.05, 3.63) is 0 Å². The number of rotatable bonds is 6. The first kappa shape index (κ1) is 12.1. The molecule has 0 bridgehead atoms. The van der Waals surface area contributed by atoms with Crippen LogP contribution in [0.2, 0.25) is 6.04 Å². The van der Waals surface area contributed by atoms with Crippen molar-refractivity contribution in [3.8, 4) is 0 Å². The Hall–Kier alpha value is 0.0969. The Morgan fingerprint density at radius 1 is 1.08 bits per heavy atom. The normalized spacial score (nSPS) is 14.8. The van der Waals surface area contributed by atoms with E-state index in [1.165, 1.54) is 0 Å². The maximum absolute atomic E-state index is 5.30. The van der Waals surface area contributed by atoms with Gasteiger partial charge in [0.2, 0.25) is 0 Å². The van der Waals surface area contributed by atoms with Gasteiger partial charge in [0.15, 0.2) is 0 Å². The van der Waals surface area contributed by atoms with E-state index < -0.39 is 8.80 Å². The fourth-order valence-corrected chi connectivity index (χ4v) is 3.21. The van der Waals surface area contributed by atoms with E-state index in [-0.39, 0.29) is 0 Å². The first-order valence-electron chi connectivity index (χ1n) is 4.29. The van der Waals surface area contributed by atoms with Crippen LogP contribution in [0.3, 0.4) is 0 Å². The van der Waals surface area contributed by atoms with E-state index in [4.69, 9.17) is 13.3 Å². The van der Waals surface area contributed by atoms with E-state index >= 15 is 0 Å². The molecule has 0 aliphatic carbocycles. The van der Waals surface area contributed by atoms with Crippen molar-refractivity contribution in [1.82, 2.24) is 0 Å². The first-order valence-corrected chi connectivity index (χ1v) is 6.22. The molecule has 74 valence electrons. The van der Waals surface area contributed by atoms with Gasteiger partial charge < -0.3 is 13.3 Å². The average molecular weight is 192 g/mol. The average Bonchev–Trinajstić information content (AvgIpc) is 2.14. The highest BCUT2D eigenvalue weighted by atomic mass is 28.4. The van der Waals surface area contributed by atoms with Crippen molar-refractivity contribution in [2.24, 2.45) is 5.92 Å². The van der Waals surface area contributed by atoms with Gasteiger partial charge >= 0.3 is 8.80 Å². The third kappa shape index (κ3) is 3.22. The van der Waals surface area contributed by atoms with Gasteiger partial charge in [-0.05, 0) is 5.92 Å². The predicted molar refractivity (Wildman–Crippen MR) is 51.0 cm³/mol. The lowest BCUT2D eigenvalue weighted by atomic mass is 10.2. The van der Waals surface area contributed by atoms with Crippen LogP contribution in [0.1, 0.15) is 20.3 Å². The van der Waals surface area contributed by atoms with Crippen LogP contribution in [-0.2, 0) is 13.3 Å². The van der Waals surface area contributed by atoms with Crippen molar-refractivity contribution in [1.29, 1.82) is 0 Å². The zero-order valence-electron chi connectivity index (χ0n) is 8.72. The molecule has 0 aliphatic heterocycles. The molecule has 0 aromatic carbocycles. The van der Waals surface area contributed by atoms with Crippen molar-refractivity contribution in [2.75, 3.05) is 21.3 Å². The van der Waals surface area contributed by atoms with Crippen molar-refractivity contribution in [3.63, 3.8) is 0 Å². The number of hydrogen-bond donors (Lipinski definition) is 0. The summed E-state index contributed by atoms with van der Waals surface area (Å²) in [6.45, 7) is 4.34. The van der Waals surface area contributed by atoms with E-state index in [2.05, 4.69) is 13.8 Å². The zero-order valence-corrected chi connectivity index (χ0v) is 9.72. The summed E-state index contributed by atoms with van der Waals surface area (Å²) in [5.41, 5.74) is 0. The molecule has 0 aromatic rings. The van der Waals surface area contributed by atoms with Crippen molar-refractivity contribution in [2.45, 2.75) is 26.3 Å². The van der Waals surface area contributed by atoms with Gasteiger partial charge in [0, 0.05) is 27.4 Å². The van der Waals surface area contributed by atoms with Gasteiger partial charge in [0.05, 0.1) is 0 Å². The van der Waals surface area contributed by atoms with Crippen LogP contribution in [0.4, 0.5) is 0 Å². The quantitative estimate of drug-likeness (QED) is 0.602. The molecule has 3 nitrogen and oxygen atoms in total. The Bertz CT molecular complexity index is 107. The lowest BCUT2D eigenvalue weighted by molar-refractivity contribution is 0.118. The highest BCUT2D eigenvalue weighted by molar-refractivity contribution is 6.60. The molecule has 0 radical (unpaired) electrons. The smallest absolute Gasteiger partial charge is 0.377 e. The van der Waals surface area contributed by atoms with Crippen LogP contribution >= 0.6 is 0 Å². The van der Waals surface area contributed by atoms with E-state index in [0.29, 0.717) is 5.92 Å². The van der Waals surface area contributed by atoms with E-state index in [0.717, 1.165) is 12.5 Å². The Balaban J connectivity index is 4.09. The minimum atomic E-state index is -2.30. The molecule has 0 heterocycles. The van der Waals surface area contributed by atoms with E-state index in [1.54, 1.807) is 21.3 Å². The lowest BCUT2D eigenvalue weighted by Crippen LogP contribution is -2.44. The molecule has 0 aliphatic rings. The summed E-state index contributed by atoms with van der Waals surface area (Å²) in [5.74, 6) is 0.594. The summed E-state index contributed by atoms with van der Waals surface area (Å²) in [7, 11) is 2.66. The largest absolute Gasteiger partial charge is 0.500 e. The third-order valence-electron chi connectivity index (χ3n) is 2.23. The van der Waals surface area contributed by atoms with Crippen LogP contribution in [0.5, 0.6) is 0 Å². The van der Waals surface area contributed by atoms with Crippen LogP contribution in [-0.4, -0.2) is 30.1 Å². The predicted octanol–water partition coefficient (Wildman–Crippen LogP) is 1.91. The van der Waals surface area contributed by atoms with Gasteiger partial charge in [-0.1, -0.05) is 20.3 Å². The molecule has 1 atom stereocenters. The van der Waals surface area contributed by atoms with Gasteiger partial charge in [-0.25, -0.2) is 0 Å². The molecule has 0 aromatic heterocycles. The maximum Gasteiger partial charge on any atom is 0.500 e. The lowest BCUT2D eigenvalue weighted by Gasteiger charge is -2.26. The van der Waals surface area contributed by atoms with Gasteiger partial charge in [-0.3, -0.25) is 0 Å². The Labute approximate surface area is 76.4 Å². The van der Waals surface area contributed by atoms with Gasteiger partial charge in [-0.2, -0.15) is 0 Å². The second-order valence-electron chi connectivity index (χ2n) is 3.01. The summed E-state index contributed by atoms with van der Waals surface area (Å²) in [6, 6.07) is 0.896. The Kier molecular flexibility index (Phi) is 5.74. The highest BCUT2D eigenvalue weighted by Gasteiger charge is 2.38. The summed E-state index contributed by atoms with van der Waals surface area (Å²) in [6.07, 6.45) is 1.13. The number of hydrogen-bond acceptors (Lipinski definition) is 3. The molecule has 0 spiro atoms. The first-order chi connectivity index (χ1) is 5.64. The summed E-state index contributed by atoms with van der Waals surface area (Å²) in [4.78, 5) is 0. The second-order valence-corrected chi connectivity index (χ2v) is 6.01. The zero-order chi connectivity index (χ0) is 9.61. The molecule has 0 amide bonds. The molecule has 12 heavy (non-hydrogen) atoms. The Morgan fingerprint density at radius 2 is 1.50 bits per heavy atom. The molecule has 0 saturated heterocycles. The van der Waals surface area contributed by atoms with Gasteiger partial charge in [-0.15, -0.1) is 0 Å². The monoisotopic (exact) mass is 192 g/mol. The van der Waals surface area contributed by atoms with Crippen LogP contribution < -0.4 is 0 Å². The van der Waals surface area contributed by atoms with E-state index in [1.807, 2.05) is 0 Å². The molecule has 4 heteroatoms. The van der Waals surface area contributed by atoms with Crippen molar-refractivity contribution >= 4 is 8.80 Å². The van der Waals surface area contributed by atoms with Crippen LogP contribution in [0.15, 0.2) is 0 Å². The third-order valence-corrected chi connectivity index (χ3v) is 5.29. The minimum absolute atomic E-state index is 0.594. The fraction of sp³-hybridized carbons (Fsp3) is 1.00. The molecular formula is C8H20O3Si. The second kappa shape index (κ2) is 5.69. The molecule has 0 rings (SSSR count). The van der Waals surface area contributed by atoms with Crippen LogP contribution in [0.25, 0.3) is 0 Å². The Morgan fingerprint density at radius 3 is 1.75 bits per heavy atom. The molecule has 0 fully saturated rings. The minimum Gasteiger partial charge on any atom is -0.377 e. The standard InChI is InChI=1S/C8H20O3Si/c1-6-8(2)7-12(9-3,10-4)11-5/h8H,6-7H2,1-5H3. The molecule has 1 unspecified atom stereocenters. The molecule has 0 N–H and O–H groups in total. The SMILES string of the molecule is CCC(C)C[Si](OC)(OC)OC. The summed E-state index contributed by atoms with van der Waals surface area (Å²) < 4.78 is 15.9. The molecule has 0 saturated carbocycles. The fourth-order valence-electron chi connectivity index (χ4n) is 1.07. The topological polar surface area (TPSA) is 27.7 Å². The maximum atomic E-state index is 5.30. The van der Waals surface area contributed by atoms with Crippen LogP contribution in [0, 0.1) is 5.92 Å². The highest BCUT2D eigenvalue weighted by Crippen LogP contribution is 2.20.